The van der Waals surface area contributed by atoms with Crippen LogP contribution in [0.2, 0.25) is 0 Å². The van der Waals surface area contributed by atoms with E-state index in [4.69, 9.17) is 4.52 Å². The van der Waals surface area contributed by atoms with Gasteiger partial charge in [0.25, 0.3) is 0 Å². The maximum absolute atomic E-state index is 5.33. The monoisotopic (exact) mass is 314 g/mol. The van der Waals surface area contributed by atoms with E-state index in [1.807, 2.05) is 24.6 Å². The van der Waals surface area contributed by atoms with E-state index in [0.717, 1.165) is 37.0 Å². The molecule has 1 aliphatic rings. The number of hydrogen-bond acceptors (Lipinski definition) is 6. The van der Waals surface area contributed by atoms with Crippen LogP contribution in [-0.2, 0) is 6.54 Å². The van der Waals surface area contributed by atoms with E-state index in [1.54, 1.807) is 11.3 Å². The fourth-order valence-corrected chi connectivity index (χ4v) is 3.18. The highest BCUT2D eigenvalue weighted by Crippen LogP contribution is 2.22. The number of aromatic nitrogens is 2. The summed E-state index contributed by atoms with van der Waals surface area (Å²) in [5, 5.41) is 9.30. The van der Waals surface area contributed by atoms with Crippen LogP contribution in [0.5, 0.6) is 0 Å². The Morgan fingerprint density at radius 2 is 2.45 bits per heavy atom. The lowest BCUT2D eigenvalue weighted by Crippen LogP contribution is -2.24. The number of nitrogens with one attached hydrogen (secondary N) is 1. The normalized spacial score (nSPS) is 19.1. The highest BCUT2D eigenvalue weighted by molar-refractivity contribution is 7.13. The Bertz CT molecular complexity index is 516. The van der Waals surface area contributed by atoms with Crippen LogP contribution in [0.1, 0.15) is 12.3 Å². The van der Waals surface area contributed by atoms with E-state index in [1.165, 1.54) is 6.42 Å². The van der Waals surface area contributed by atoms with Gasteiger partial charge in [0.2, 0.25) is 11.7 Å². The smallest absolute Gasteiger partial charge is 0.241 e. The van der Waals surface area contributed by atoms with Crippen molar-refractivity contribution in [2.24, 2.45) is 5.92 Å². The summed E-state index contributed by atoms with van der Waals surface area (Å²) in [6.45, 7) is 4.07. The molecule has 0 bridgehead atoms. The number of nitrogens with zero attached hydrogens (tertiary/aromatic N) is 3. The van der Waals surface area contributed by atoms with Crippen LogP contribution in [-0.4, -0.2) is 41.7 Å². The van der Waals surface area contributed by atoms with Crippen molar-refractivity contribution in [3.05, 3.63) is 23.4 Å². The summed E-state index contributed by atoms with van der Waals surface area (Å²) in [5.74, 6) is 2.16. The van der Waals surface area contributed by atoms with Crippen molar-refractivity contribution < 1.29 is 4.52 Å². The van der Waals surface area contributed by atoms with Gasteiger partial charge >= 0.3 is 0 Å². The minimum atomic E-state index is 0. The first-order valence-corrected chi connectivity index (χ1v) is 7.46. The number of halogens is 1. The van der Waals surface area contributed by atoms with Gasteiger partial charge in [-0.25, -0.2) is 0 Å². The minimum absolute atomic E-state index is 0. The summed E-state index contributed by atoms with van der Waals surface area (Å²) in [4.78, 5) is 7.90. The zero-order valence-corrected chi connectivity index (χ0v) is 13.0. The van der Waals surface area contributed by atoms with Crippen molar-refractivity contribution in [3.63, 3.8) is 0 Å². The third-order valence-electron chi connectivity index (χ3n) is 3.43. The van der Waals surface area contributed by atoms with E-state index in [0.29, 0.717) is 11.7 Å². The molecule has 0 radical (unpaired) electrons. The maximum atomic E-state index is 5.33. The van der Waals surface area contributed by atoms with E-state index < -0.39 is 0 Å². The predicted molar refractivity (Wildman–Crippen MR) is 82.2 cm³/mol. The predicted octanol–water partition coefficient (Wildman–Crippen LogP) is 2.26. The standard InChI is InChI=1S/C13H18N4OS.ClH/c1-14-7-10-4-5-17(8-10)9-12-15-13(16-18-12)11-3-2-6-19-11;/h2-3,6,10,14H,4-5,7-9H2,1H3;1H. The fourth-order valence-electron chi connectivity index (χ4n) is 2.53. The molecule has 20 heavy (non-hydrogen) atoms. The molecule has 1 atom stereocenters. The minimum Gasteiger partial charge on any atom is -0.338 e. The molecule has 1 unspecified atom stereocenters. The molecule has 110 valence electrons. The van der Waals surface area contributed by atoms with Crippen molar-refractivity contribution in [2.75, 3.05) is 26.7 Å². The molecule has 1 fully saturated rings. The molecule has 1 N–H and O–H groups in total. The average Bonchev–Trinajstić information content (AvgIpc) is 3.10. The Hall–Kier alpha value is -0.950. The van der Waals surface area contributed by atoms with Crippen LogP contribution in [0.4, 0.5) is 0 Å². The van der Waals surface area contributed by atoms with Gasteiger partial charge in [0, 0.05) is 6.54 Å². The quantitative estimate of drug-likeness (QED) is 0.917. The second kappa shape index (κ2) is 7.17. The summed E-state index contributed by atoms with van der Waals surface area (Å²) in [5.41, 5.74) is 0. The van der Waals surface area contributed by atoms with Gasteiger partial charge in [-0.15, -0.1) is 23.7 Å². The van der Waals surface area contributed by atoms with Crippen LogP contribution in [0.15, 0.2) is 22.0 Å². The molecular formula is C13H19ClN4OS. The zero-order chi connectivity index (χ0) is 13.1. The van der Waals surface area contributed by atoms with Gasteiger partial charge in [0.1, 0.15) is 0 Å². The Morgan fingerprint density at radius 3 is 3.20 bits per heavy atom. The van der Waals surface area contributed by atoms with Crippen molar-refractivity contribution in [1.29, 1.82) is 0 Å². The zero-order valence-electron chi connectivity index (χ0n) is 11.4. The first kappa shape index (κ1) is 15.4. The number of likely N-dealkylation sites (tertiary alicyclic amines) is 1. The molecule has 7 heteroatoms. The first-order valence-electron chi connectivity index (χ1n) is 6.58. The van der Waals surface area contributed by atoms with Gasteiger partial charge in [-0.3, -0.25) is 4.90 Å². The highest BCUT2D eigenvalue weighted by atomic mass is 35.5. The largest absolute Gasteiger partial charge is 0.338 e. The van der Waals surface area contributed by atoms with Gasteiger partial charge in [-0.2, -0.15) is 4.98 Å². The van der Waals surface area contributed by atoms with Crippen molar-refractivity contribution in [1.82, 2.24) is 20.4 Å². The Kier molecular flexibility index (Phi) is 5.54. The average molecular weight is 315 g/mol. The molecule has 3 rings (SSSR count). The van der Waals surface area contributed by atoms with Crippen LogP contribution in [0.25, 0.3) is 10.7 Å². The molecule has 5 nitrogen and oxygen atoms in total. The Morgan fingerprint density at radius 1 is 1.55 bits per heavy atom. The lowest BCUT2D eigenvalue weighted by atomic mass is 10.1. The molecule has 1 saturated heterocycles. The van der Waals surface area contributed by atoms with Crippen LogP contribution < -0.4 is 5.32 Å². The molecular weight excluding hydrogens is 296 g/mol. The summed E-state index contributed by atoms with van der Waals surface area (Å²) in [7, 11) is 2.01. The van der Waals surface area contributed by atoms with Gasteiger partial charge in [0.15, 0.2) is 0 Å². The van der Waals surface area contributed by atoms with Crippen molar-refractivity contribution >= 4 is 23.7 Å². The molecule has 2 aromatic heterocycles. The van der Waals surface area contributed by atoms with Crippen LogP contribution >= 0.6 is 23.7 Å². The Labute approximate surface area is 128 Å². The van der Waals surface area contributed by atoms with E-state index >= 15 is 0 Å². The van der Waals surface area contributed by atoms with E-state index in [9.17, 15) is 0 Å². The Balaban J connectivity index is 0.00000147. The molecule has 3 heterocycles. The van der Waals surface area contributed by atoms with Crippen LogP contribution in [0, 0.1) is 5.92 Å². The fraction of sp³-hybridized carbons (Fsp3) is 0.538. The van der Waals surface area contributed by atoms with Gasteiger partial charge in [-0.1, -0.05) is 11.2 Å². The van der Waals surface area contributed by atoms with Gasteiger partial charge in [0.05, 0.1) is 11.4 Å². The summed E-state index contributed by atoms with van der Waals surface area (Å²) in [6.07, 6.45) is 1.24. The highest BCUT2D eigenvalue weighted by Gasteiger charge is 2.23. The molecule has 0 aromatic carbocycles. The number of rotatable bonds is 5. The van der Waals surface area contributed by atoms with E-state index in [2.05, 4.69) is 20.4 Å². The second-order valence-electron chi connectivity index (χ2n) is 4.94. The summed E-state index contributed by atoms with van der Waals surface area (Å²) in [6, 6.07) is 4.01. The van der Waals surface area contributed by atoms with E-state index in [-0.39, 0.29) is 12.4 Å². The SMILES string of the molecule is CNCC1CCN(Cc2nc(-c3cccs3)no2)C1.Cl. The lowest BCUT2D eigenvalue weighted by molar-refractivity contribution is 0.260. The molecule has 0 saturated carbocycles. The second-order valence-corrected chi connectivity index (χ2v) is 5.88. The molecule has 2 aromatic rings. The molecule has 1 aliphatic heterocycles. The maximum Gasteiger partial charge on any atom is 0.241 e. The van der Waals surface area contributed by atoms with Crippen molar-refractivity contribution in [3.8, 4) is 10.7 Å². The summed E-state index contributed by atoms with van der Waals surface area (Å²) >= 11 is 1.63. The number of hydrogen-bond donors (Lipinski definition) is 1. The molecule has 0 spiro atoms. The van der Waals surface area contributed by atoms with Crippen molar-refractivity contribution in [2.45, 2.75) is 13.0 Å². The third-order valence-corrected chi connectivity index (χ3v) is 4.30. The molecule has 0 aliphatic carbocycles. The van der Waals surface area contributed by atoms with Crippen LogP contribution in [0.3, 0.4) is 0 Å². The van der Waals surface area contributed by atoms with Gasteiger partial charge in [-0.05, 0) is 43.9 Å². The van der Waals surface area contributed by atoms with Gasteiger partial charge < -0.3 is 9.84 Å². The first-order chi connectivity index (χ1) is 9.35. The third kappa shape index (κ3) is 3.58. The number of thiophene rings is 1. The summed E-state index contributed by atoms with van der Waals surface area (Å²) < 4.78 is 5.33. The molecule has 0 amide bonds. The topological polar surface area (TPSA) is 54.2 Å². The lowest BCUT2D eigenvalue weighted by Gasteiger charge is -2.12.